The first-order valence-electron chi connectivity index (χ1n) is 10.1. The Morgan fingerprint density at radius 1 is 1.22 bits per heavy atom. The Bertz CT molecular complexity index is 954. The topological polar surface area (TPSA) is 84.0 Å². The van der Waals surface area contributed by atoms with Crippen molar-refractivity contribution in [3.8, 4) is 0 Å². The second kappa shape index (κ2) is 10.5. The van der Waals surface area contributed by atoms with Crippen molar-refractivity contribution in [2.24, 2.45) is 5.92 Å². The van der Waals surface area contributed by atoms with Crippen LogP contribution in [0.5, 0.6) is 0 Å². The summed E-state index contributed by atoms with van der Waals surface area (Å²) < 4.78 is 71.3. The van der Waals surface area contributed by atoms with Crippen molar-refractivity contribution in [2.45, 2.75) is 37.8 Å². The van der Waals surface area contributed by atoms with Crippen LogP contribution in [-0.4, -0.2) is 62.3 Å². The maximum atomic E-state index is 13.2. The molecule has 1 amide bonds. The number of nitrogens with zero attached hydrogens (tertiary/aromatic N) is 2. The van der Waals surface area contributed by atoms with E-state index in [4.69, 9.17) is 4.74 Å². The molecular formula is C21H27F3N2O5S. The summed E-state index contributed by atoms with van der Waals surface area (Å²) in [4.78, 5) is 25.2. The molecule has 0 spiro atoms. The van der Waals surface area contributed by atoms with Crippen molar-refractivity contribution in [3.63, 3.8) is 0 Å². The molecule has 0 atom stereocenters. The first kappa shape index (κ1) is 25.9. The Labute approximate surface area is 185 Å². The molecule has 7 nitrogen and oxygen atoms in total. The molecule has 0 bridgehead atoms. The highest BCUT2D eigenvalue weighted by Gasteiger charge is 2.40. The quantitative estimate of drug-likeness (QED) is 0.425. The van der Waals surface area contributed by atoms with Gasteiger partial charge in [0, 0.05) is 26.2 Å². The van der Waals surface area contributed by atoms with Gasteiger partial charge >= 0.3 is 12.1 Å². The van der Waals surface area contributed by atoms with Gasteiger partial charge in [0.25, 0.3) is 5.91 Å². The number of benzene rings is 1. The molecule has 1 aromatic rings. The highest BCUT2D eigenvalue weighted by molar-refractivity contribution is 7.89. The maximum Gasteiger partial charge on any atom is 0.417 e. The minimum absolute atomic E-state index is 0.0870. The number of carbonyl (C=O) groups excluding carboxylic acids is 2. The second-order valence-corrected chi connectivity index (χ2v) is 9.55. The molecule has 1 saturated heterocycles. The average Bonchev–Trinajstić information content (AvgIpc) is 2.74. The molecule has 0 unspecified atom stereocenters. The standard InChI is InChI=1S/C21H27F3N2O5S/c1-4-25(13-15(2)3)19(27)14-31-20(28)16-9-11-26(12-10-16)32(29,30)18-8-6-5-7-17(18)21(22,23)24/h5-8,16H,2,4,9-14H2,1,3H3. The zero-order chi connectivity index (χ0) is 24.1. The zero-order valence-corrected chi connectivity index (χ0v) is 18.8. The molecule has 0 radical (unpaired) electrons. The number of piperidine rings is 1. The van der Waals surface area contributed by atoms with Crippen LogP contribution in [-0.2, 0) is 30.5 Å². The molecule has 1 fully saturated rings. The smallest absolute Gasteiger partial charge is 0.417 e. The Kier molecular flexibility index (Phi) is 8.47. The predicted molar refractivity (Wildman–Crippen MR) is 111 cm³/mol. The number of alkyl halides is 3. The van der Waals surface area contributed by atoms with Gasteiger partial charge in [0.15, 0.2) is 6.61 Å². The summed E-state index contributed by atoms with van der Waals surface area (Å²) in [5, 5.41) is 0. The third kappa shape index (κ3) is 6.32. The van der Waals surface area contributed by atoms with E-state index in [1.165, 1.54) is 11.0 Å². The molecule has 1 aliphatic rings. The second-order valence-electron chi connectivity index (χ2n) is 7.65. The Morgan fingerprint density at radius 3 is 2.34 bits per heavy atom. The number of hydrogen-bond acceptors (Lipinski definition) is 5. The van der Waals surface area contributed by atoms with E-state index in [0.717, 1.165) is 28.1 Å². The van der Waals surface area contributed by atoms with Crippen LogP contribution in [0.2, 0.25) is 0 Å². The first-order valence-corrected chi connectivity index (χ1v) is 11.6. The van der Waals surface area contributed by atoms with Crippen LogP contribution in [0.4, 0.5) is 13.2 Å². The molecular weight excluding hydrogens is 449 g/mol. The fraction of sp³-hybridized carbons (Fsp3) is 0.524. The summed E-state index contributed by atoms with van der Waals surface area (Å²) >= 11 is 0. The van der Waals surface area contributed by atoms with Crippen LogP contribution in [0.1, 0.15) is 32.3 Å². The minimum atomic E-state index is -4.81. The van der Waals surface area contributed by atoms with Gasteiger partial charge in [0.2, 0.25) is 10.0 Å². The molecule has 1 aliphatic heterocycles. The highest BCUT2D eigenvalue weighted by Crippen LogP contribution is 2.36. The first-order chi connectivity index (χ1) is 14.9. The Hall–Kier alpha value is -2.40. The van der Waals surface area contributed by atoms with Crippen LogP contribution in [0.3, 0.4) is 0 Å². The SMILES string of the molecule is C=C(C)CN(CC)C(=O)COC(=O)C1CCN(S(=O)(=O)c2ccccc2C(F)(F)F)CC1. The van der Waals surface area contributed by atoms with Gasteiger partial charge in [0.1, 0.15) is 0 Å². The van der Waals surface area contributed by atoms with Crippen molar-refractivity contribution in [1.29, 1.82) is 0 Å². The monoisotopic (exact) mass is 476 g/mol. The van der Waals surface area contributed by atoms with E-state index < -0.39 is 45.2 Å². The van der Waals surface area contributed by atoms with Crippen LogP contribution >= 0.6 is 0 Å². The molecule has 11 heteroatoms. The third-order valence-corrected chi connectivity index (χ3v) is 7.09. The fourth-order valence-corrected chi connectivity index (χ4v) is 5.12. The molecule has 0 N–H and O–H groups in total. The third-order valence-electron chi connectivity index (χ3n) is 5.13. The van der Waals surface area contributed by atoms with Gasteiger partial charge in [-0.2, -0.15) is 17.5 Å². The lowest BCUT2D eigenvalue weighted by Gasteiger charge is -2.31. The summed E-state index contributed by atoms with van der Waals surface area (Å²) in [6, 6.07) is 4.01. The average molecular weight is 477 g/mol. The van der Waals surface area contributed by atoms with Gasteiger partial charge < -0.3 is 9.64 Å². The molecule has 0 aromatic heterocycles. The molecule has 178 valence electrons. The van der Waals surface area contributed by atoms with Crippen molar-refractivity contribution in [1.82, 2.24) is 9.21 Å². The lowest BCUT2D eigenvalue weighted by Crippen LogP contribution is -2.42. The summed E-state index contributed by atoms with van der Waals surface area (Å²) in [5.41, 5.74) is -0.442. The summed E-state index contributed by atoms with van der Waals surface area (Å²) in [7, 11) is -4.38. The van der Waals surface area contributed by atoms with Crippen LogP contribution in [0.15, 0.2) is 41.3 Å². The van der Waals surface area contributed by atoms with Crippen molar-refractivity contribution < 1.29 is 35.9 Å². The number of rotatable bonds is 8. The molecule has 1 aromatic carbocycles. The number of ether oxygens (including phenoxy) is 1. The van der Waals surface area contributed by atoms with E-state index in [9.17, 15) is 31.2 Å². The van der Waals surface area contributed by atoms with Gasteiger partial charge in [-0.3, -0.25) is 9.59 Å². The number of sulfonamides is 1. The van der Waals surface area contributed by atoms with Gasteiger partial charge in [-0.05, 0) is 38.8 Å². The summed E-state index contributed by atoms with van der Waals surface area (Å²) in [5.74, 6) is -1.63. The van der Waals surface area contributed by atoms with Crippen molar-refractivity contribution in [3.05, 3.63) is 42.0 Å². The molecule has 0 aliphatic carbocycles. The number of esters is 1. The lowest BCUT2D eigenvalue weighted by molar-refractivity contribution is -0.156. The number of hydrogen-bond donors (Lipinski definition) is 0. The van der Waals surface area contributed by atoms with E-state index in [0.29, 0.717) is 13.1 Å². The fourth-order valence-electron chi connectivity index (χ4n) is 3.44. The molecule has 32 heavy (non-hydrogen) atoms. The summed E-state index contributed by atoms with van der Waals surface area (Å²) in [6.45, 7) is 7.40. The summed E-state index contributed by atoms with van der Waals surface area (Å²) in [6.07, 6.45) is -4.64. The lowest BCUT2D eigenvalue weighted by atomic mass is 9.98. The Morgan fingerprint density at radius 2 is 1.81 bits per heavy atom. The number of amides is 1. The van der Waals surface area contributed by atoms with E-state index in [1.807, 2.05) is 0 Å². The van der Waals surface area contributed by atoms with Gasteiger partial charge in [0.05, 0.1) is 16.4 Å². The molecule has 0 saturated carbocycles. The number of likely N-dealkylation sites (N-methyl/N-ethyl adjacent to an activating group) is 1. The van der Waals surface area contributed by atoms with Crippen LogP contribution < -0.4 is 0 Å². The zero-order valence-electron chi connectivity index (χ0n) is 18.0. The van der Waals surface area contributed by atoms with Crippen LogP contribution in [0.25, 0.3) is 0 Å². The van der Waals surface area contributed by atoms with Gasteiger partial charge in [-0.15, -0.1) is 0 Å². The molecule has 2 rings (SSSR count). The largest absolute Gasteiger partial charge is 0.455 e. The maximum absolute atomic E-state index is 13.2. The van der Waals surface area contributed by atoms with E-state index in [-0.39, 0.29) is 31.8 Å². The Balaban J connectivity index is 1.98. The van der Waals surface area contributed by atoms with E-state index in [2.05, 4.69) is 6.58 Å². The van der Waals surface area contributed by atoms with Crippen molar-refractivity contribution in [2.75, 3.05) is 32.8 Å². The minimum Gasteiger partial charge on any atom is -0.455 e. The van der Waals surface area contributed by atoms with Crippen molar-refractivity contribution >= 4 is 21.9 Å². The van der Waals surface area contributed by atoms with E-state index in [1.54, 1.807) is 13.8 Å². The van der Waals surface area contributed by atoms with Crippen LogP contribution in [0, 0.1) is 5.92 Å². The molecule has 1 heterocycles. The van der Waals surface area contributed by atoms with Gasteiger partial charge in [-0.1, -0.05) is 24.3 Å². The highest BCUT2D eigenvalue weighted by atomic mass is 32.2. The van der Waals surface area contributed by atoms with E-state index >= 15 is 0 Å². The normalized spacial score (nSPS) is 15.9. The number of carbonyl (C=O) groups is 2. The number of halogens is 3. The predicted octanol–water partition coefficient (Wildman–Crippen LogP) is 3.07. The van der Waals surface area contributed by atoms with Gasteiger partial charge in [-0.25, -0.2) is 8.42 Å².